The summed E-state index contributed by atoms with van der Waals surface area (Å²) in [5.41, 5.74) is 6.01. The summed E-state index contributed by atoms with van der Waals surface area (Å²) in [6.07, 6.45) is 4.96. The molecule has 1 aromatic heterocycles. The van der Waals surface area contributed by atoms with Gasteiger partial charge in [-0.15, -0.1) is 0 Å². The number of aromatic nitrogens is 1. The van der Waals surface area contributed by atoms with Crippen LogP contribution < -0.4 is 21.7 Å². The molecule has 8 heteroatoms. The van der Waals surface area contributed by atoms with Crippen LogP contribution in [0.25, 0.3) is 0 Å². The van der Waals surface area contributed by atoms with Gasteiger partial charge in [-0.2, -0.15) is 0 Å². The number of hydrogen-bond acceptors (Lipinski definition) is 6. The highest BCUT2D eigenvalue weighted by Gasteiger charge is 2.34. The summed E-state index contributed by atoms with van der Waals surface area (Å²) in [6.45, 7) is 10.8. The number of carbonyl (C=O) groups excluding carboxylic acids is 2. The Morgan fingerprint density at radius 3 is 2.55 bits per heavy atom. The number of carbonyl (C=O) groups is 2. The Hall–Kier alpha value is -2.19. The molecule has 8 nitrogen and oxygen atoms in total. The van der Waals surface area contributed by atoms with Crippen LogP contribution in [0, 0.1) is 11.8 Å². The van der Waals surface area contributed by atoms with Crippen LogP contribution in [0.2, 0.25) is 0 Å². The van der Waals surface area contributed by atoms with Gasteiger partial charge in [0.05, 0.1) is 0 Å². The molecule has 0 bridgehead atoms. The number of ether oxygens (including phenoxy) is 1. The van der Waals surface area contributed by atoms with Gasteiger partial charge in [0.25, 0.3) is 0 Å². The van der Waals surface area contributed by atoms with E-state index >= 15 is 0 Å². The van der Waals surface area contributed by atoms with Crippen LogP contribution in [-0.4, -0.2) is 41.2 Å². The molecule has 2 rings (SSSR count). The minimum Gasteiger partial charge on any atom is -0.444 e. The molecule has 0 aliphatic heterocycles. The quantitative estimate of drug-likeness (QED) is 0.500. The number of nitrogens with two attached hydrogens (primary N) is 1. The molecule has 0 aromatic carbocycles. The monoisotopic (exact) mass is 433 g/mol. The number of rotatable bonds is 8. The Morgan fingerprint density at radius 2 is 1.94 bits per heavy atom. The molecular formula is C23H39N5O3. The third kappa shape index (κ3) is 8.83. The summed E-state index contributed by atoms with van der Waals surface area (Å²) >= 11 is 0. The van der Waals surface area contributed by atoms with Gasteiger partial charge < -0.3 is 26.4 Å². The maximum atomic E-state index is 13.2. The fourth-order valence-electron chi connectivity index (χ4n) is 3.68. The fourth-order valence-corrected chi connectivity index (χ4v) is 3.68. The van der Waals surface area contributed by atoms with E-state index in [9.17, 15) is 9.59 Å². The zero-order valence-electron chi connectivity index (χ0n) is 19.5. The van der Waals surface area contributed by atoms with Crippen LogP contribution in [0.5, 0.6) is 0 Å². The standard InChI is InChI=1S/C23H39N5O3/c1-15-6-8-18(9-7-15)20(28-22(30)31-23(3,4)5)21(29)27-19-12-17(10-11-25-19)14-26-16(2)13-24/h10-12,15-16,18,20,26H,6-9,13-14,24H2,1-5H3,(H,28,30)(H,25,27,29)/t15?,16-,18?,20+/m1/s1. The summed E-state index contributed by atoms with van der Waals surface area (Å²) in [5, 5.41) is 9.02. The largest absolute Gasteiger partial charge is 0.444 e. The first-order valence-electron chi connectivity index (χ1n) is 11.3. The number of pyridine rings is 1. The van der Waals surface area contributed by atoms with Crippen LogP contribution in [-0.2, 0) is 16.1 Å². The lowest BCUT2D eigenvalue weighted by Gasteiger charge is -2.32. The zero-order valence-corrected chi connectivity index (χ0v) is 19.5. The topological polar surface area (TPSA) is 118 Å². The van der Waals surface area contributed by atoms with Gasteiger partial charge in [-0.1, -0.05) is 19.8 Å². The lowest BCUT2D eigenvalue weighted by molar-refractivity contribution is -0.119. The summed E-state index contributed by atoms with van der Waals surface area (Å²) < 4.78 is 5.40. The first-order valence-corrected chi connectivity index (χ1v) is 11.3. The van der Waals surface area contributed by atoms with Crippen LogP contribution in [0.15, 0.2) is 18.3 Å². The van der Waals surface area contributed by atoms with Crippen molar-refractivity contribution in [2.45, 2.75) is 84.5 Å². The highest BCUT2D eigenvalue weighted by molar-refractivity contribution is 5.96. The molecule has 1 saturated carbocycles. The normalized spacial score (nSPS) is 21.1. The van der Waals surface area contributed by atoms with Crippen LogP contribution in [0.3, 0.4) is 0 Å². The second-order valence-electron chi connectivity index (χ2n) is 9.70. The van der Waals surface area contributed by atoms with Gasteiger partial charge in [0.2, 0.25) is 5.91 Å². The molecule has 1 aromatic rings. The van der Waals surface area contributed by atoms with Crippen molar-refractivity contribution in [1.29, 1.82) is 0 Å². The molecule has 31 heavy (non-hydrogen) atoms. The van der Waals surface area contributed by atoms with E-state index in [4.69, 9.17) is 10.5 Å². The summed E-state index contributed by atoms with van der Waals surface area (Å²) in [6, 6.07) is 3.26. The first-order chi connectivity index (χ1) is 14.6. The molecule has 0 saturated heterocycles. The van der Waals surface area contributed by atoms with E-state index in [0.29, 0.717) is 24.8 Å². The number of anilines is 1. The van der Waals surface area contributed by atoms with Gasteiger partial charge in [0, 0.05) is 25.3 Å². The SMILES string of the molecule is CC1CCC([C@H](NC(=O)OC(C)(C)C)C(=O)Nc2cc(CN[C@H](C)CN)ccn2)CC1. The molecule has 2 amide bonds. The molecular weight excluding hydrogens is 394 g/mol. The Morgan fingerprint density at radius 1 is 1.26 bits per heavy atom. The van der Waals surface area contributed by atoms with Gasteiger partial charge in [0.1, 0.15) is 17.5 Å². The molecule has 1 heterocycles. The van der Waals surface area contributed by atoms with E-state index in [1.165, 1.54) is 0 Å². The smallest absolute Gasteiger partial charge is 0.408 e. The summed E-state index contributed by atoms with van der Waals surface area (Å²) in [4.78, 5) is 29.9. The molecule has 174 valence electrons. The van der Waals surface area contributed by atoms with Crippen molar-refractivity contribution >= 4 is 17.8 Å². The number of hydrogen-bond donors (Lipinski definition) is 4. The highest BCUT2D eigenvalue weighted by atomic mass is 16.6. The number of alkyl carbamates (subject to hydrolysis) is 1. The average molecular weight is 434 g/mol. The number of nitrogens with one attached hydrogen (secondary N) is 3. The van der Waals surface area contributed by atoms with Crippen LogP contribution >= 0.6 is 0 Å². The Balaban J connectivity index is 2.08. The number of amides is 2. The van der Waals surface area contributed by atoms with Crippen molar-refractivity contribution in [3.8, 4) is 0 Å². The minimum atomic E-state index is -0.664. The molecule has 1 fully saturated rings. The van der Waals surface area contributed by atoms with Gasteiger partial charge in [-0.25, -0.2) is 9.78 Å². The van der Waals surface area contributed by atoms with Gasteiger partial charge in [-0.3, -0.25) is 4.79 Å². The average Bonchev–Trinajstić information content (AvgIpc) is 2.70. The molecule has 0 unspecified atom stereocenters. The van der Waals surface area contributed by atoms with E-state index in [2.05, 4.69) is 27.9 Å². The highest BCUT2D eigenvalue weighted by Crippen LogP contribution is 2.31. The zero-order chi connectivity index (χ0) is 23.0. The van der Waals surface area contributed by atoms with Crippen LogP contribution in [0.4, 0.5) is 10.6 Å². The summed E-state index contributed by atoms with van der Waals surface area (Å²) in [7, 11) is 0. The number of nitrogens with zero attached hydrogens (tertiary/aromatic N) is 1. The van der Waals surface area contributed by atoms with Crippen molar-refractivity contribution in [1.82, 2.24) is 15.6 Å². The van der Waals surface area contributed by atoms with Crippen molar-refractivity contribution in [2.24, 2.45) is 17.6 Å². The minimum absolute atomic E-state index is 0.0685. The van der Waals surface area contributed by atoms with E-state index in [-0.39, 0.29) is 17.9 Å². The molecule has 0 spiro atoms. The van der Waals surface area contributed by atoms with E-state index < -0.39 is 17.7 Å². The maximum Gasteiger partial charge on any atom is 0.408 e. The van der Waals surface area contributed by atoms with Crippen molar-refractivity contribution in [3.05, 3.63) is 23.9 Å². The first kappa shape index (κ1) is 25.1. The molecule has 1 aliphatic carbocycles. The van der Waals surface area contributed by atoms with Crippen molar-refractivity contribution in [3.63, 3.8) is 0 Å². The predicted octanol–water partition coefficient (Wildman–Crippen LogP) is 3.18. The Kier molecular flexibility index (Phi) is 9.25. The van der Waals surface area contributed by atoms with E-state index in [0.717, 1.165) is 31.2 Å². The summed E-state index contributed by atoms with van der Waals surface area (Å²) in [5.74, 6) is 0.908. The molecule has 2 atom stereocenters. The molecule has 0 radical (unpaired) electrons. The van der Waals surface area contributed by atoms with E-state index in [1.54, 1.807) is 27.0 Å². The predicted molar refractivity (Wildman–Crippen MR) is 123 cm³/mol. The van der Waals surface area contributed by atoms with Gasteiger partial charge in [-0.05, 0) is 70.1 Å². The third-order valence-corrected chi connectivity index (χ3v) is 5.57. The van der Waals surface area contributed by atoms with Gasteiger partial charge in [0.15, 0.2) is 0 Å². The lowest BCUT2D eigenvalue weighted by atomic mass is 9.79. The molecule has 5 N–H and O–H groups in total. The third-order valence-electron chi connectivity index (χ3n) is 5.57. The second-order valence-corrected chi connectivity index (χ2v) is 9.70. The van der Waals surface area contributed by atoms with Crippen molar-refractivity contribution < 1.29 is 14.3 Å². The maximum absolute atomic E-state index is 13.2. The van der Waals surface area contributed by atoms with E-state index in [1.807, 2.05) is 19.1 Å². The molecule has 1 aliphatic rings. The van der Waals surface area contributed by atoms with Gasteiger partial charge >= 0.3 is 6.09 Å². The second kappa shape index (κ2) is 11.4. The van der Waals surface area contributed by atoms with Crippen LogP contribution in [0.1, 0.15) is 65.9 Å². The Labute approximate surface area is 186 Å². The Bertz CT molecular complexity index is 726. The fraction of sp³-hybridized carbons (Fsp3) is 0.696. The van der Waals surface area contributed by atoms with Crippen molar-refractivity contribution in [2.75, 3.05) is 11.9 Å². The lowest BCUT2D eigenvalue weighted by Crippen LogP contribution is -2.50.